The number of aliphatic hydroxyl groups is 4. The largest absolute Gasteiger partial charge is 0.389 e. The molecule has 12 aromatic rings. The first kappa shape index (κ1) is 111. The highest BCUT2D eigenvalue weighted by atomic mass is 16.6. The van der Waals surface area contributed by atoms with Gasteiger partial charge in [0, 0.05) is 48.0 Å². The fourth-order valence-electron chi connectivity index (χ4n) is 16.2. The molecular weight excluding hydrogens is 1880 g/mol. The number of aromatic nitrogens is 12. The van der Waals surface area contributed by atoms with Crippen LogP contribution in [0.1, 0.15) is 134 Å². The fraction of sp³-hybridized carbons (Fsp3) is 0.525. The van der Waals surface area contributed by atoms with Crippen LogP contribution in [0.15, 0.2) is 97.1 Å². The Morgan fingerprint density at radius 1 is 0.290 bits per heavy atom. The van der Waals surface area contributed by atoms with E-state index in [1.165, 1.54) is 27.7 Å². The van der Waals surface area contributed by atoms with Crippen molar-refractivity contribution in [3.8, 4) is 0 Å². The maximum absolute atomic E-state index is 14.0. The van der Waals surface area contributed by atoms with Gasteiger partial charge in [-0.2, -0.15) is 0 Å². The second-order valence-corrected chi connectivity index (χ2v) is 38.0. The molecule has 12 rings (SSSR count). The van der Waals surface area contributed by atoms with Crippen molar-refractivity contribution in [3.05, 3.63) is 120 Å². The molecule has 8 aromatic heterocycles. The average Bonchev–Trinajstić information content (AvgIpc) is 1.59. The summed E-state index contributed by atoms with van der Waals surface area (Å²) in [5.41, 5.74) is 0.0643. The van der Waals surface area contributed by atoms with E-state index in [4.69, 9.17) is 96.7 Å². The van der Waals surface area contributed by atoms with Crippen LogP contribution in [0.25, 0.3) is 87.7 Å². The molecular formula is C101H136N20O24. The first-order chi connectivity index (χ1) is 69.1. The van der Waals surface area contributed by atoms with E-state index in [0.717, 1.165) is 21.5 Å². The van der Waals surface area contributed by atoms with Gasteiger partial charge in [-0.1, -0.05) is 72.8 Å². The number of carbonyl (C=O) groups is 8. The number of para-hydroxylation sites is 4. The lowest BCUT2D eigenvalue weighted by Crippen LogP contribution is -2.44. The number of fused-ring (bicyclic) bond motifs is 12. The molecule has 4 atom stereocenters. The van der Waals surface area contributed by atoms with Gasteiger partial charge in [0.05, 0.1) is 177 Å². The number of amides is 8. The molecule has 0 radical (unpaired) electrons. The van der Waals surface area contributed by atoms with Crippen LogP contribution < -0.4 is 42.5 Å². The number of hydrogen-bond donors (Lipinski definition) is 12. The molecule has 0 aliphatic rings. The third-order valence-electron chi connectivity index (χ3n) is 22.7. The van der Waals surface area contributed by atoms with Gasteiger partial charge in [0.25, 0.3) is 0 Å². The smallest absolute Gasteiger partial charge is 0.247 e. The van der Waals surface area contributed by atoms with Crippen LogP contribution in [0.2, 0.25) is 0 Å². The standard InChI is InChI=1S/C101H136N20O24/c1-17-134-45-73-110-81-85(118(73)53-97(9,10)130)65-29-21-25-33-69(65)106-89(81)114-93(126)61(5)102-77(122)49-138-37-41-142-57-101(58-143-42-38-139-50-78(123)103-62(6)94(127)115-90-82-86(66-30-22-26-34-70(66)107-90)119(54-98(11,12)131)74(111-82)46-135-18-2,59-144-43-39-140-51-79(124)104-63(7)95(128)116-91-83-87(67-31-23-27-35-71(67)108-91)120(55-99(13,14)132)75(112-83)47-136-19-3)60-145-44-40-141-52-80(125)105-64(8)96(129)117-92-84-88(68-32-24-28-36-72(68)109-92)121(56-100(15,16)133)76(113-84)48-137-20-4/h21-36,61-64,130-133H,17-20,37-60H2,1-16H3,(H,102,122)(H,103,123)(H,104,124)(H,105,125)(H,106,114,126)(H,107,115,127)(H,108,116,128)(H,109,117,129)/t61-,62-,63-,64-/m0/s1. The van der Waals surface area contributed by atoms with Crippen LogP contribution in [0.3, 0.4) is 0 Å². The summed E-state index contributed by atoms with van der Waals surface area (Å²) >= 11 is 0. The van der Waals surface area contributed by atoms with Gasteiger partial charge in [-0.3, -0.25) is 38.4 Å². The third-order valence-corrected chi connectivity index (χ3v) is 22.7. The second-order valence-electron chi connectivity index (χ2n) is 38.0. The van der Waals surface area contributed by atoms with Gasteiger partial charge in [0.2, 0.25) is 47.3 Å². The molecule has 44 heteroatoms. The van der Waals surface area contributed by atoms with Crippen LogP contribution in [-0.2, 0) is 148 Å². The van der Waals surface area contributed by atoms with Crippen molar-refractivity contribution in [1.82, 2.24) is 79.4 Å². The van der Waals surface area contributed by atoms with Crippen molar-refractivity contribution in [2.45, 2.75) is 210 Å². The van der Waals surface area contributed by atoms with Crippen molar-refractivity contribution in [2.24, 2.45) is 5.41 Å². The number of imidazole rings is 4. The maximum atomic E-state index is 14.0. The van der Waals surface area contributed by atoms with Gasteiger partial charge in [0.1, 0.15) is 122 Å². The van der Waals surface area contributed by atoms with E-state index >= 15 is 0 Å². The highest BCUT2D eigenvalue weighted by Gasteiger charge is 2.36. The van der Waals surface area contributed by atoms with E-state index < -0.39 is 126 Å². The first-order valence-corrected chi connectivity index (χ1v) is 48.5. The van der Waals surface area contributed by atoms with Gasteiger partial charge >= 0.3 is 0 Å². The summed E-state index contributed by atoms with van der Waals surface area (Å²) < 4.78 is 79.1. The number of anilines is 4. The minimum Gasteiger partial charge on any atom is -0.389 e. The number of nitrogens with one attached hydrogen (secondary N) is 8. The lowest BCUT2D eigenvalue weighted by Gasteiger charge is -2.33. The molecule has 0 bridgehead atoms. The van der Waals surface area contributed by atoms with Gasteiger partial charge in [-0.15, -0.1) is 0 Å². The number of benzene rings is 4. The van der Waals surface area contributed by atoms with Crippen molar-refractivity contribution in [2.75, 3.05) is 153 Å². The summed E-state index contributed by atoms with van der Waals surface area (Å²) in [7, 11) is 0. The molecule has 0 spiro atoms. The Morgan fingerprint density at radius 3 is 0.676 bits per heavy atom. The van der Waals surface area contributed by atoms with Gasteiger partial charge in [-0.25, -0.2) is 39.9 Å². The molecule has 0 fully saturated rings. The average molecular weight is 2010 g/mol. The summed E-state index contributed by atoms with van der Waals surface area (Å²) in [5.74, 6) is -2.58. The summed E-state index contributed by atoms with van der Waals surface area (Å²) in [6.45, 7) is 25.4. The van der Waals surface area contributed by atoms with Crippen LogP contribution in [-0.4, -0.2) is 305 Å². The van der Waals surface area contributed by atoms with Crippen LogP contribution in [0, 0.1) is 5.41 Å². The summed E-state index contributed by atoms with van der Waals surface area (Å²) in [6.07, 6.45) is 0. The molecule has 145 heavy (non-hydrogen) atoms. The Hall–Kier alpha value is -12.5. The number of carbonyl (C=O) groups excluding carboxylic acids is 8. The Labute approximate surface area is 838 Å². The molecule has 0 saturated heterocycles. The Kier molecular flexibility index (Phi) is 39.2. The van der Waals surface area contributed by atoms with Crippen LogP contribution in [0.4, 0.5) is 23.3 Å². The molecule has 784 valence electrons. The molecule has 8 amide bonds. The number of nitrogens with zero attached hydrogens (tertiary/aromatic N) is 12. The predicted molar refractivity (Wildman–Crippen MR) is 541 cm³/mol. The normalized spacial score (nSPS) is 13.2. The summed E-state index contributed by atoms with van der Waals surface area (Å²) in [4.78, 5) is 149. The zero-order chi connectivity index (χ0) is 105. The van der Waals surface area contributed by atoms with Crippen LogP contribution >= 0.6 is 0 Å². The number of ether oxygens (including phenoxy) is 12. The number of hydrogen-bond acceptors (Lipinski definition) is 32. The lowest BCUT2D eigenvalue weighted by atomic mass is 9.92. The molecule has 0 aliphatic heterocycles. The van der Waals surface area contributed by atoms with E-state index in [9.17, 15) is 58.8 Å². The van der Waals surface area contributed by atoms with E-state index in [1.54, 1.807) is 104 Å². The van der Waals surface area contributed by atoms with Crippen LogP contribution in [0.5, 0.6) is 0 Å². The third kappa shape index (κ3) is 30.8. The summed E-state index contributed by atoms with van der Waals surface area (Å²) in [5, 5.41) is 69.2. The molecule has 0 saturated carbocycles. The summed E-state index contributed by atoms with van der Waals surface area (Å²) in [6, 6.07) is 24.8. The predicted octanol–water partition coefficient (Wildman–Crippen LogP) is 7.50. The minimum absolute atomic E-state index is 0.110. The highest BCUT2D eigenvalue weighted by molar-refractivity contribution is 6.14. The highest BCUT2D eigenvalue weighted by Crippen LogP contribution is 2.38. The van der Waals surface area contributed by atoms with Crippen molar-refractivity contribution >= 4 is 158 Å². The zero-order valence-corrected chi connectivity index (χ0v) is 85.2. The molecule has 0 aliphatic carbocycles. The molecule has 0 unspecified atom stereocenters. The van der Waals surface area contributed by atoms with Crippen molar-refractivity contribution in [3.63, 3.8) is 0 Å². The zero-order valence-electron chi connectivity index (χ0n) is 85.2. The number of rotatable bonds is 60. The van der Waals surface area contributed by atoms with Crippen molar-refractivity contribution < 1.29 is 116 Å². The van der Waals surface area contributed by atoms with Gasteiger partial charge in [0.15, 0.2) is 23.3 Å². The lowest BCUT2D eigenvalue weighted by molar-refractivity contribution is -0.135. The van der Waals surface area contributed by atoms with E-state index in [2.05, 4.69) is 42.5 Å². The topological polar surface area (TPSA) is 547 Å². The Morgan fingerprint density at radius 2 is 0.483 bits per heavy atom. The fourth-order valence-corrected chi connectivity index (χ4v) is 16.2. The molecule has 8 heterocycles. The number of pyridine rings is 4. The molecule has 12 N–H and O–H groups in total. The Bertz CT molecular complexity index is 5740. The minimum atomic E-state index is -1.26. The van der Waals surface area contributed by atoms with E-state index in [-0.39, 0.29) is 155 Å². The molecule has 44 nitrogen and oxygen atoms in total. The quantitative estimate of drug-likeness (QED) is 0.0164. The van der Waals surface area contributed by atoms with Crippen molar-refractivity contribution in [1.29, 1.82) is 0 Å². The van der Waals surface area contributed by atoms with E-state index in [1.807, 2.05) is 94.5 Å². The van der Waals surface area contributed by atoms with Gasteiger partial charge < -0.3 is 138 Å². The maximum Gasteiger partial charge on any atom is 0.247 e. The first-order valence-electron chi connectivity index (χ1n) is 48.5. The molecule has 4 aromatic carbocycles. The van der Waals surface area contributed by atoms with E-state index in [0.29, 0.717) is 116 Å². The second kappa shape index (κ2) is 51.0. The monoisotopic (exact) mass is 2010 g/mol. The van der Waals surface area contributed by atoms with Gasteiger partial charge in [-0.05, 0) is 135 Å². The SMILES string of the molecule is CCOCc1nc2c(NC(=O)[C@H](C)NC(=O)COCCOCC(COCCOCC(=O)N[C@@H](C)C(=O)Nc3nc4ccccc4c4c3nc(COCC)n4CC(C)(C)O)(COCCOCC(=O)N[C@@H](C)C(=O)Nc3nc4ccccc4c4c3nc(COCC)n4CC(C)(C)O)COCCOCC(=O)N[C@@H](C)C(=O)Nc3nc4ccccc4c4c3nc(COCC)n4CC(C)(C)O)nc3ccccc3c2n1CC(C)(C)O. The Balaban J connectivity index is 0.713.